The predicted molar refractivity (Wildman–Crippen MR) is 59.8 cm³/mol. The molecule has 0 radical (unpaired) electrons. The first kappa shape index (κ1) is 9.90. The van der Waals surface area contributed by atoms with Gasteiger partial charge in [0.2, 0.25) is 11.7 Å². The van der Waals surface area contributed by atoms with E-state index in [4.69, 9.17) is 0 Å². The van der Waals surface area contributed by atoms with Crippen LogP contribution in [0.1, 0.15) is 11.1 Å². The summed E-state index contributed by atoms with van der Waals surface area (Å²) < 4.78 is 3.56. The molecular formula is C12H15N2O+. The summed E-state index contributed by atoms with van der Waals surface area (Å²) in [5, 5.41) is 0. The molecule has 2 aromatic rings. The van der Waals surface area contributed by atoms with Crippen LogP contribution < -0.4 is 10.1 Å². The number of hydrogen-bond donors (Lipinski definition) is 0. The third kappa shape index (κ3) is 1.44. The van der Waals surface area contributed by atoms with Crippen LogP contribution in [0.4, 0.5) is 0 Å². The molecule has 3 heteroatoms. The maximum absolute atomic E-state index is 11.6. The van der Waals surface area contributed by atoms with Crippen molar-refractivity contribution in [3.63, 3.8) is 0 Å². The first-order valence-corrected chi connectivity index (χ1v) is 4.97. The van der Waals surface area contributed by atoms with Crippen molar-refractivity contribution in [3.8, 4) is 0 Å². The summed E-state index contributed by atoms with van der Waals surface area (Å²) in [6, 6.07) is 4.18. The van der Waals surface area contributed by atoms with Crippen LogP contribution >= 0.6 is 0 Å². The molecule has 1 heterocycles. The van der Waals surface area contributed by atoms with Gasteiger partial charge in [0.25, 0.3) is 0 Å². The van der Waals surface area contributed by atoms with Crippen molar-refractivity contribution >= 4 is 11.0 Å². The molecule has 0 fully saturated rings. The second-order valence-electron chi connectivity index (χ2n) is 4.06. The van der Waals surface area contributed by atoms with Crippen LogP contribution in [0.15, 0.2) is 23.1 Å². The Morgan fingerprint density at radius 2 is 1.80 bits per heavy atom. The molecule has 0 unspecified atom stereocenters. The summed E-state index contributed by atoms with van der Waals surface area (Å²) in [7, 11) is 3.71. The Morgan fingerprint density at radius 1 is 1.20 bits per heavy atom. The van der Waals surface area contributed by atoms with E-state index in [1.165, 1.54) is 11.1 Å². The maximum atomic E-state index is 11.6. The highest BCUT2D eigenvalue weighted by atomic mass is 16.1. The van der Waals surface area contributed by atoms with Gasteiger partial charge in [-0.05, 0) is 31.0 Å². The smallest absolute Gasteiger partial charge is 0.301 e. The second-order valence-corrected chi connectivity index (χ2v) is 4.06. The Balaban J connectivity index is 3.04. The highest BCUT2D eigenvalue weighted by Crippen LogP contribution is 2.14. The lowest BCUT2D eigenvalue weighted by atomic mass is 10.1. The minimum atomic E-state index is 0.0215. The van der Waals surface area contributed by atoms with Crippen LogP contribution in [-0.4, -0.2) is 4.57 Å². The fourth-order valence-electron chi connectivity index (χ4n) is 1.78. The van der Waals surface area contributed by atoms with Crippen molar-refractivity contribution in [2.45, 2.75) is 13.8 Å². The van der Waals surface area contributed by atoms with E-state index >= 15 is 0 Å². The highest BCUT2D eigenvalue weighted by Gasteiger charge is 2.11. The van der Waals surface area contributed by atoms with Gasteiger partial charge in [0, 0.05) is 13.1 Å². The van der Waals surface area contributed by atoms with Gasteiger partial charge in [-0.25, -0.2) is 0 Å². The minimum Gasteiger partial charge on any atom is -0.301 e. The quantitative estimate of drug-likeness (QED) is 0.586. The molecule has 0 spiro atoms. The number of aromatic nitrogens is 2. The Morgan fingerprint density at radius 3 is 2.47 bits per heavy atom. The molecule has 15 heavy (non-hydrogen) atoms. The van der Waals surface area contributed by atoms with Crippen LogP contribution in [0.5, 0.6) is 0 Å². The third-order valence-electron chi connectivity index (χ3n) is 2.97. The van der Waals surface area contributed by atoms with Gasteiger partial charge in [-0.3, -0.25) is 4.79 Å². The van der Waals surface area contributed by atoms with E-state index in [0.717, 1.165) is 11.0 Å². The van der Waals surface area contributed by atoms with E-state index in [1.807, 2.05) is 11.6 Å². The molecule has 78 valence electrons. The topological polar surface area (TPSA) is 25.9 Å². The van der Waals surface area contributed by atoms with Gasteiger partial charge < -0.3 is 4.57 Å². The molecule has 0 N–H and O–H groups in total. The average Bonchev–Trinajstić information content (AvgIpc) is 2.18. The van der Waals surface area contributed by atoms with Gasteiger partial charge >= 0.3 is 5.56 Å². The molecule has 0 aliphatic heterocycles. The summed E-state index contributed by atoms with van der Waals surface area (Å²) in [5.74, 6) is 0. The van der Waals surface area contributed by atoms with Crippen molar-refractivity contribution < 1.29 is 4.57 Å². The zero-order chi connectivity index (χ0) is 11.2. The maximum Gasteiger partial charge on any atom is 0.315 e. The molecule has 0 aliphatic rings. The summed E-state index contributed by atoms with van der Waals surface area (Å²) >= 11 is 0. The van der Waals surface area contributed by atoms with Crippen molar-refractivity contribution in [3.05, 3.63) is 39.8 Å². The summed E-state index contributed by atoms with van der Waals surface area (Å²) in [4.78, 5) is 11.6. The average molecular weight is 203 g/mol. The van der Waals surface area contributed by atoms with Gasteiger partial charge in [0.1, 0.15) is 12.6 Å². The molecule has 0 saturated carbocycles. The van der Waals surface area contributed by atoms with E-state index in [1.54, 1.807) is 17.8 Å². The van der Waals surface area contributed by atoms with E-state index in [2.05, 4.69) is 26.0 Å². The van der Waals surface area contributed by atoms with E-state index < -0.39 is 0 Å². The third-order valence-corrected chi connectivity index (χ3v) is 2.97. The van der Waals surface area contributed by atoms with Gasteiger partial charge in [0.05, 0.1) is 0 Å². The van der Waals surface area contributed by atoms with Crippen LogP contribution in [-0.2, 0) is 14.1 Å². The lowest BCUT2D eigenvalue weighted by Crippen LogP contribution is -2.37. The SMILES string of the molecule is Cc1cc2c(cc1C)[n+](C)cc(=O)n2C. The van der Waals surface area contributed by atoms with Crippen LogP contribution in [0.25, 0.3) is 11.0 Å². The lowest BCUT2D eigenvalue weighted by molar-refractivity contribution is -0.646. The summed E-state index contributed by atoms with van der Waals surface area (Å²) in [6.07, 6.45) is 1.61. The fourth-order valence-corrected chi connectivity index (χ4v) is 1.78. The molecule has 0 atom stereocenters. The van der Waals surface area contributed by atoms with Crippen LogP contribution in [0.2, 0.25) is 0 Å². The summed E-state index contributed by atoms with van der Waals surface area (Å²) in [5.41, 5.74) is 4.54. The predicted octanol–water partition coefficient (Wildman–Crippen LogP) is 0.980. The number of hydrogen-bond acceptors (Lipinski definition) is 1. The van der Waals surface area contributed by atoms with Crippen LogP contribution in [0.3, 0.4) is 0 Å². The molecule has 0 saturated heterocycles. The zero-order valence-electron chi connectivity index (χ0n) is 9.53. The lowest BCUT2D eigenvalue weighted by Gasteiger charge is -2.05. The monoisotopic (exact) mass is 203 g/mol. The van der Waals surface area contributed by atoms with Crippen molar-refractivity contribution in [1.82, 2.24) is 4.57 Å². The van der Waals surface area contributed by atoms with E-state index in [-0.39, 0.29) is 5.56 Å². The standard InChI is InChI=1S/C12H15N2O/c1-8-5-10-11(6-9(8)2)14(4)12(15)7-13(10)3/h5-7H,1-4H3/q+1. The van der Waals surface area contributed by atoms with Crippen molar-refractivity contribution in [2.24, 2.45) is 14.1 Å². The van der Waals surface area contributed by atoms with Crippen LogP contribution in [0, 0.1) is 13.8 Å². The minimum absolute atomic E-state index is 0.0215. The molecule has 0 bridgehead atoms. The second kappa shape index (κ2) is 3.19. The van der Waals surface area contributed by atoms with Gasteiger partial charge in [-0.1, -0.05) is 0 Å². The number of fused-ring (bicyclic) bond motifs is 1. The number of rotatable bonds is 0. The fraction of sp³-hybridized carbons (Fsp3) is 0.333. The Hall–Kier alpha value is -1.64. The zero-order valence-corrected chi connectivity index (χ0v) is 9.53. The number of nitrogens with zero attached hydrogens (tertiary/aromatic N) is 2. The Kier molecular flexibility index (Phi) is 2.11. The van der Waals surface area contributed by atoms with Gasteiger partial charge in [-0.2, -0.15) is 4.57 Å². The molecule has 3 nitrogen and oxygen atoms in total. The largest absolute Gasteiger partial charge is 0.315 e. The highest BCUT2D eigenvalue weighted by molar-refractivity contribution is 5.73. The first-order chi connectivity index (χ1) is 7.00. The molecule has 0 amide bonds. The Labute approximate surface area is 88.6 Å². The molecule has 0 aliphatic carbocycles. The van der Waals surface area contributed by atoms with Crippen molar-refractivity contribution in [1.29, 1.82) is 0 Å². The summed E-state index contributed by atoms with van der Waals surface area (Å²) in [6.45, 7) is 4.14. The van der Waals surface area contributed by atoms with E-state index in [0.29, 0.717) is 0 Å². The van der Waals surface area contributed by atoms with E-state index in [9.17, 15) is 4.79 Å². The first-order valence-electron chi connectivity index (χ1n) is 4.97. The van der Waals surface area contributed by atoms with Gasteiger partial charge in [-0.15, -0.1) is 0 Å². The molecule has 2 rings (SSSR count). The Bertz CT molecular complexity index is 597. The molecule has 1 aromatic carbocycles. The molecular weight excluding hydrogens is 188 g/mol. The van der Waals surface area contributed by atoms with Crippen molar-refractivity contribution in [2.75, 3.05) is 0 Å². The molecule has 1 aromatic heterocycles. The number of benzene rings is 1. The normalized spacial score (nSPS) is 10.9. The van der Waals surface area contributed by atoms with Gasteiger partial charge in [0.15, 0.2) is 0 Å². The number of aryl methyl sites for hydroxylation is 4.